The van der Waals surface area contributed by atoms with Gasteiger partial charge in [0.1, 0.15) is 0 Å². The van der Waals surface area contributed by atoms with E-state index in [1.807, 2.05) is 29.2 Å². The van der Waals surface area contributed by atoms with Crippen molar-refractivity contribution >= 4 is 29.0 Å². The van der Waals surface area contributed by atoms with Gasteiger partial charge in [-0.15, -0.1) is 0 Å². The number of rotatable bonds is 4. The summed E-state index contributed by atoms with van der Waals surface area (Å²) in [5, 5.41) is 6.23. The minimum atomic E-state index is -0.0457. The van der Waals surface area contributed by atoms with Crippen molar-refractivity contribution in [3.8, 4) is 0 Å². The van der Waals surface area contributed by atoms with Crippen LogP contribution in [0.25, 0.3) is 5.57 Å². The highest BCUT2D eigenvalue weighted by molar-refractivity contribution is 5.95. The lowest BCUT2D eigenvalue weighted by Crippen LogP contribution is -2.45. The fourth-order valence-corrected chi connectivity index (χ4v) is 5.00. The highest BCUT2D eigenvalue weighted by atomic mass is 16.2. The van der Waals surface area contributed by atoms with Crippen molar-refractivity contribution in [3.63, 3.8) is 0 Å². The summed E-state index contributed by atoms with van der Waals surface area (Å²) in [6.07, 6.45) is 11.4. The first-order chi connectivity index (χ1) is 16.5. The molecule has 1 saturated heterocycles. The van der Waals surface area contributed by atoms with Gasteiger partial charge in [-0.1, -0.05) is 25.5 Å². The largest absolute Gasteiger partial charge is 0.336 e. The van der Waals surface area contributed by atoms with Crippen LogP contribution in [0.1, 0.15) is 67.6 Å². The Morgan fingerprint density at radius 3 is 2.76 bits per heavy atom. The van der Waals surface area contributed by atoms with Gasteiger partial charge < -0.3 is 15.5 Å². The number of anilines is 2. The van der Waals surface area contributed by atoms with Crippen LogP contribution in [-0.2, 0) is 11.2 Å². The molecule has 5 rings (SSSR count). The number of allylic oxidation sites excluding steroid dienone is 3. The van der Waals surface area contributed by atoms with E-state index < -0.39 is 0 Å². The van der Waals surface area contributed by atoms with Gasteiger partial charge in [0.25, 0.3) is 5.91 Å². The van der Waals surface area contributed by atoms with Crippen LogP contribution in [0, 0.1) is 5.92 Å². The number of benzene rings is 1. The third kappa shape index (κ3) is 4.47. The highest BCUT2D eigenvalue weighted by Crippen LogP contribution is 2.31. The average molecular weight is 458 g/mol. The summed E-state index contributed by atoms with van der Waals surface area (Å²) in [6.45, 7) is 5.18. The minimum absolute atomic E-state index is 0.0457. The Bertz CT molecular complexity index is 1170. The SMILES string of the molecule is CCC1CCC(C)N(C(=O)c2ccc(Nc3ncc4c(n3)C3=CCCC=C3NC(=O)C4)cc2)C1. The summed E-state index contributed by atoms with van der Waals surface area (Å²) in [5.74, 6) is 1.11. The van der Waals surface area contributed by atoms with Gasteiger partial charge in [-0.2, -0.15) is 0 Å². The molecule has 3 heterocycles. The quantitative estimate of drug-likeness (QED) is 0.700. The van der Waals surface area contributed by atoms with Crippen molar-refractivity contribution in [3.05, 3.63) is 65.1 Å². The molecule has 1 aliphatic carbocycles. The molecule has 34 heavy (non-hydrogen) atoms. The molecule has 2 N–H and O–H groups in total. The lowest BCUT2D eigenvalue weighted by molar-refractivity contribution is -0.119. The molecule has 0 bridgehead atoms. The Balaban J connectivity index is 1.33. The topological polar surface area (TPSA) is 87.2 Å². The lowest BCUT2D eigenvalue weighted by Gasteiger charge is -2.38. The van der Waals surface area contributed by atoms with Crippen molar-refractivity contribution < 1.29 is 9.59 Å². The average Bonchev–Trinajstić information content (AvgIpc) is 2.99. The zero-order chi connectivity index (χ0) is 23.7. The van der Waals surface area contributed by atoms with E-state index in [0.29, 0.717) is 17.4 Å². The van der Waals surface area contributed by atoms with Crippen LogP contribution in [0.3, 0.4) is 0 Å². The van der Waals surface area contributed by atoms with Gasteiger partial charge >= 0.3 is 0 Å². The number of likely N-dealkylation sites (tertiary alicyclic amines) is 1. The molecular formula is C27H31N5O2. The first kappa shape index (κ1) is 22.3. The molecule has 1 aromatic carbocycles. The molecule has 0 spiro atoms. The Morgan fingerprint density at radius 1 is 1.18 bits per heavy atom. The third-order valence-corrected chi connectivity index (χ3v) is 7.10. The fraction of sp³-hybridized carbons (Fsp3) is 0.407. The second-order valence-electron chi connectivity index (χ2n) is 9.47. The lowest BCUT2D eigenvalue weighted by atomic mass is 9.91. The molecule has 7 nitrogen and oxygen atoms in total. The van der Waals surface area contributed by atoms with E-state index in [-0.39, 0.29) is 24.3 Å². The van der Waals surface area contributed by atoms with Crippen LogP contribution in [0.2, 0.25) is 0 Å². The highest BCUT2D eigenvalue weighted by Gasteiger charge is 2.29. The number of carbonyl (C=O) groups is 2. The Kier molecular flexibility index (Phi) is 6.18. The Morgan fingerprint density at radius 2 is 1.97 bits per heavy atom. The number of carbonyl (C=O) groups excluding carboxylic acids is 2. The molecule has 0 saturated carbocycles. The number of nitrogens with one attached hydrogen (secondary N) is 2. The van der Waals surface area contributed by atoms with Crippen LogP contribution in [-0.4, -0.2) is 39.3 Å². The maximum absolute atomic E-state index is 13.1. The van der Waals surface area contributed by atoms with Crippen LogP contribution in [0.4, 0.5) is 11.6 Å². The van der Waals surface area contributed by atoms with Gasteiger partial charge in [0, 0.05) is 46.9 Å². The van der Waals surface area contributed by atoms with E-state index in [0.717, 1.165) is 60.4 Å². The van der Waals surface area contributed by atoms with Crippen molar-refractivity contribution in [1.29, 1.82) is 0 Å². The first-order valence-electron chi connectivity index (χ1n) is 12.3. The number of hydrogen-bond acceptors (Lipinski definition) is 5. The van der Waals surface area contributed by atoms with Gasteiger partial charge in [0.2, 0.25) is 11.9 Å². The molecule has 3 aliphatic rings. The van der Waals surface area contributed by atoms with E-state index in [1.165, 1.54) is 6.42 Å². The molecule has 176 valence electrons. The van der Waals surface area contributed by atoms with Crippen molar-refractivity contribution in [2.75, 3.05) is 11.9 Å². The molecule has 2 unspecified atom stereocenters. The molecule has 1 aromatic heterocycles. The van der Waals surface area contributed by atoms with Gasteiger partial charge in [0.15, 0.2) is 0 Å². The molecule has 7 heteroatoms. The number of piperidine rings is 1. The van der Waals surface area contributed by atoms with Gasteiger partial charge in [-0.25, -0.2) is 9.97 Å². The zero-order valence-electron chi connectivity index (χ0n) is 19.8. The molecule has 0 radical (unpaired) electrons. The predicted molar refractivity (Wildman–Crippen MR) is 132 cm³/mol. The first-order valence-corrected chi connectivity index (χ1v) is 12.3. The predicted octanol–water partition coefficient (Wildman–Crippen LogP) is 4.60. The van der Waals surface area contributed by atoms with E-state index in [4.69, 9.17) is 4.98 Å². The molecule has 2 amide bonds. The van der Waals surface area contributed by atoms with Gasteiger partial charge in [-0.05, 0) is 62.8 Å². The minimum Gasteiger partial charge on any atom is -0.336 e. The standard InChI is InChI=1S/C27H31N5O2/c1-3-18-9-8-17(2)32(16-18)26(34)19-10-12-21(13-11-19)29-27-28-15-20-14-24(33)30-23-7-5-4-6-22(23)25(20)31-27/h6-7,10-13,15,17-18H,3-5,8-9,14,16H2,1-2H3,(H,30,33)(H,28,29,31). The molecule has 2 atom stereocenters. The smallest absolute Gasteiger partial charge is 0.254 e. The van der Waals surface area contributed by atoms with Crippen LogP contribution in [0.15, 0.2) is 48.3 Å². The van der Waals surface area contributed by atoms with E-state index in [1.54, 1.807) is 6.20 Å². The summed E-state index contributed by atoms with van der Waals surface area (Å²) in [6, 6.07) is 7.79. The summed E-state index contributed by atoms with van der Waals surface area (Å²) in [4.78, 5) is 36.6. The summed E-state index contributed by atoms with van der Waals surface area (Å²) < 4.78 is 0. The zero-order valence-corrected chi connectivity index (χ0v) is 19.8. The van der Waals surface area contributed by atoms with E-state index in [2.05, 4.69) is 41.6 Å². The third-order valence-electron chi connectivity index (χ3n) is 7.10. The maximum Gasteiger partial charge on any atom is 0.254 e. The number of nitrogens with zero attached hydrogens (tertiary/aromatic N) is 3. The molecule has 2 aliphatic heterocycles. The molecule has 2 aromatic rings. The number of hydrogen-bond donors (Lipinski definition) is 2. The normalized spacial score (nSPS) is 21.9. The second kappa shape index (κ2) is 9.41. The Labute approximate surface area is 200 Å². The maximum atomic E-state index is 13.1. The summed E-state index contributed by atoms with van der Waals surface area (Å²) in [5.41, 5.74) is 4.91. The Hall–Kier alpha value is -3.48. The van der Waals surface area contributed by atoms with Crippen LogP contribution in [0.5, 0.6) is 0 Å². The summed E-state index contributed by atoms with van der Waals surface area (Å²) in [7, 11) is 0. The van der Waals surface area contributed by atoms with Gasteiger partial charge in [-0.3, -0.25) is 9.59 Å². The van der Waals surface area contributed by atoms with Crippen molar-refractivity contribution in [2.24, 2.45) is 5.92 Å². The van der Waals surface area contributed by atoms with Crippen LogP contribution < -0.4 is 10.6 Å². The van der Waals surface area contributed by atoms with Crippen LogP contribution >= 0.6 is 0 Å². The molecule has 1 fully saturated rings. The number of fused-ring (bicyclic) bond motifs is 3. The van der Waals surface area contributed by atoms with Gasteiger partial charge in [0.05, 0.1) is 12.1 Å². The summed E-state index contributed by atoms with van der Waals surface area (Å²) >= 11 is 0. The number of aromatic nitrogens is 2. The van der Waals surface area contributed by atoms with E-state index in [9.17, 15) is 9.59 Å². The number of amides is 2. The van der Waals surface area contributed by atoms with Crippen molar-refractivity contribution in [1.82, 2.24) is 20.2 Å². The second-order valence-corrected chi connectivity index (χ2v) is 9.47. The molecular weight excluding hydrogens is 426 g/mol. The van der Waals surface area contributed by atoms with Crippen molar-refractivity contribution in [2.45, 2.75) is 58.4 Å². The fourth-order valence-electron chi connectivity index (χ4n) is 5.00. The van der Waals surface area contributed by atoms with E-state index >= 15 is 0 Å². The monoisotopic (exact) mass is 457 g/mol.